The molecule has 4 heterocycles. The number of nitrogens with one attached hydrogen (secondary N) is 2. The van der Waals surface area contributed by atoms with E-state index in [2.05, 4.69) is 25.8 Å². The highest BCUT2D eigenvalue weighted by Crippen LogP contribution is 2.17. The average molecular weight is 382 g/mol. The number of thiazole rings is 1. The van der Waals surface area contributed by atoms with Crippen LogP contribution in [0, 0.1) is 0 Å². The number of carbonyl (C=O) groups is 2. The van der Waals surface area contributed by atoms with E-state index < -0.39 is 0 Å². The van der Waals surface area contributed by atoms with Gasteiger partial charge in [0.2, 0.25) is 5.91 Å². The molecule has 4 aromatic heterocycles. The summed E-state index contributed by atoms with van der Waals surface area (Å²) in [5, 5.41) is 15.7. The largest absolute Gasteiger partial charge is 0.459 e. The number of nitrogens with zero attached hydrogens (tertiary/aromatic N) is 4. The van der Waals surface area contributed by atoms with Gasteiger partial charge in [0.25, 0.3) is 5.91 Å². The summed E-state index contributed by atoms with van der Waals surface area (Å²) >= 11 is 1.24. The van der Waals surface area contributed by atoms with E-state index in [1.165, 1.54) is 17.6 Å². The van der Waals surface area contributed by atoms with Crippen LogP contribution in [-0.4, -0.2) is 31.4 Å². The monoisotopic (exact) mass is 382 g/mol. The second-order valence-corrected chi connectivity index (χ2v) is 6.43. The van der Waals surface area contributed by atoms with Crippen LogP contribution in [0.15, 0.2) is 52.6 Å². The lowest BCUT2D eigenvalue weighted by atomic mass is 10.3. The van der Waals surface area contributed by atoms with E-state index in [-0.39, 0.29) is 30.5 Å². The average Bonchev–Trinajstić information content (AvgIpc) is 3.41. The molecule has 10 heteroatoms. The third-order valence-corrected chi connectivity index (χ3v) is 4.49. The molecular formula is C17H14N6O3S. The molecule has 0 radical (unpaired) electrons. The number of carbonyl (C=O) groups excluding carboxylic acids is 2. The molecule has 0 aliphatic heterocycles. The van der Waals surface area contributed by atoms with E-state index >= 15 is 0 Å². The number of rotatable bonds is 6. The minimum Gasteiger partial charge on any atom is -0.459 e. The fourth-order valence-electron chi connectivity index (χ4n) is 2.43. The highest BCUT2D eigenvalue weighted by Gasteiger charge is 2.13. The molecule has 0 unspecified atom stereocenters. The first-order valence-electron chi connectivity index (χ1n) is 8.03. The van der Waals surface area contributed by atoms with Crippen molar-refractivity contribution in [3.63, 3.8) is 0 Å². The zero-order valence-electron chi connectivity index (χ0n) is 14.0. The molecule has 0 aliphatic carbocycles. The van der Waals surface area contributed by atoms with Gasteiger partial charge in [-0.25, -0.2) is 4.98 Å². The summed E-state index contributed by atoms with van der Waals surface area (Å²) in [6.07, 6.45) is 3.36. The van der Waals surface area contributed by atoms with E-state index in [1.54, 1.807) is 17.5 Å². The lowest BCUT2D eigenvalue weighted by Crippen LogP contribution is -2.25. The molecule has 0 saturated heterocycles. The van der Waals surface area contributed by atoms with Crippen molar-refractivity contribution in [3.8, 4) is 0 Å². The van der Waals surface area contributed by atoms with Crippen LogP contribution in [0.1, 0.15) is 22.1 Å². The Bertz CT molecular complexity index is 1090. The summed E-state index contributed by atoms with van der Waals surface area (Å²) in [7, 11) is 0. The molecule has 4 aromatic rings. The Morgan fingerprint density at radius 2 is 2.11 bits per heavy atom. The van der Waals surface area contributed by atoms with Gasteiger partial charge >= 0.3 is 0 Å². The summed E-state index contributed by atoms with van der Waals surface area (Å²) in [6.45, 7) is 0.260. The lowest BCUT2D eigenvalue weighted by molar-refractivity contribution is -0.120. The fourth-order valence-corrected chi connectivity index (χ4v) is 3.13. The summed E-state index contributed by atoms with van der Waals surface area (Å²) in [5.74, 6) is 0.259. The maximum Gasteiger partial charge on any atom is 0.293 e. The minimum absolute atomic E-state index is 0.101. The summed E-state index contributed by atoms with van der Waals surface area (Å²) in [5.41, 5.74) is 1.29. The van der Waals surface area contributed by atoms with Crippen molar-refractivity contribution in [2.45, 2.75) is 13.0 Å². The Kier molecular flexibility index (Phi) is 4.62. The molecule has 9 nitrogen and oxygen atoms in total. The zero-order valence-corrected chi connectivity index (χ0v) is 14.8. The molecule has 0 saturated carbocycles. The standard InChI is InChI=1S/C17H14N6O3S/c24-15(18-9-14-22-21-13-5-1-2-6-23(13)14)8-11-10-27-17(19-11)20-16(25)12-4-3-7-26-12/h1-7,10H,8-9H2,(H,18,24)(H,19,20,25). The van der Waals surface area contributed by atoms with Crippen molar-refractivity contribution < 1.29 is 14.0 Å². The minimum atomic E-state index is -0.385. The van der Waals surface area contributed by atoms with Crippen LogP contribution >= 0.6 is 11.3 Å². The van der Waals surface area contributed by atoms with Gasteiger partial charge in [-0.05, 0) is 24.3 Å². The molecule has 136 valence electrons. The van der Waals surface area contributed by atoms with Crippen LogP contribution in [0.25, 0.3) is 5.65 Å². The molecule has 0 aromatic carbocycles. The number of anilines is 1. The van der Waals surface area contributed by atoms with Gasteiger partial charge in [-0.15, -0.1) is 21.5 Å². The molecule has 2 amide bonds. The van der Waals surface area contributed by atoms with Crippen LogP contribution in [0.5, 0.6) is 0 Å². The highest BCUT2D eigenvalue weighted by molar-refractivity contribution is 7.14. The van der Waals surface area contributed by atoms with Gasteiger partial charge in [-0.3, -0.25) is 19.3 Å². The Labute approximate surface area is 157 Å². The van der Waals surface area contributed by atoms with Crippen molar-refractivity contribution in [1.29, 1.82) is 0 Å². The van der Waals surface area contributed by atoms with E-state index in [1.807, 2.05) is 28.8 Å². The predicted octanol–water partition coefficient (Wildman–Crippen LogP) is 1.89. The molecular weight excluding hydrogens is 368 g/mol. The molecule has 4 rings (SSSR count). The van der Waals surface area contributed by atoms with Crippen LogP contribution in [0.2, 0.25) is 0 Å². The van der Waals surface area contributed by atoms with Crippen LogP contribution in [0.3, 0.4) is 0 Å². The summed E-state index contributed by atoms with van der Waals surface area (Å²) in [6, 6.07) is 8.77. The number of pyridine rings is 1. The summed E-state index contributed by atoms with van der Waals surface area (Å²) < 4.78 is 6.84. The maximum absolute atomic E-state index is 12.2. The summed E-state index contributed by atoms with van der Waals surface area (Å²) in [4.78, 5) is 28.3. The van der Waals surface area contributed by atoms with Crippen molar-refractivity contribution in [2.75, 3.05) is 5.32 Å². The second kappa shape index (κ2) is 7.38. The zero-order chi connectivity index (χ0) is 18.6. The molecule has 27 heavy (non-hydrogen) atoms. The number of amides is 2. The van der Waals surface area contributed by atoms with Gasteiger partial charge in [0.1, 0.15) is 0 Å². The van der Waals surface area contributed by atoms with Gasteiger partial charge in [0.15, 0.2) is 22.4 Å². The molecule has 0 spiro atoms. The Morgan fingerprint density at radius 1 is 1.19 bits per heavy atom. The van der Waals surface area contributed by atoms with Gasteiger partial charge in [-0.1, -0.05) is 6.07 Å². The van der Waals surface area contributed by atoms with E-state index in [4.69, 9.17) is 4.42 Å². The Balaban J connectivity index is 1.32. The normalized spacial score (nSPS) is 10.8. The van der Waals surface area contributed by atoms with Crippen molar-refractivity contribution in [3.05, 3.63) is 65.5 Å². The first-order chi connectivity index (χ1) is 13.2. The van der Waals surface area contributed by atoms with Crippen molar-refractivity contribution >= 4 is 33.9 Å². The highest BCUT2D eigenvalue weighted by atomic mass is 32.1. The topological polar surface area (TPSA) is 114 Å². The number of fused-ring (bicyclic) bond motifs is 1. The maximum atomic E-state index is 12.2. The first kappa shape index (κ1) is 16.9. The van der Waals surface area contributed by atoms with E-state index in [9.17, 15) is 9.59 Å². The lowest BCUT2D eigenvalue weighted by Gasteiger charge is -2.03. The smallest absolute Gasteiger partial charge is 0.293 e. The number of furan rings is 1. The fraction of sp³-hybridized carbons (Fsp3) is 0.118. The number of aromatic nitrogens is 4. The second-order valence-electron chi connectivity index (χ2n) is 5.57. The molecule has 2 N–H and O–H groups in total. The van der Waals surface area contributed by atoms with E-state index in [0.717, 1.165) is 5.65 Å². The molecule has 0 fully saturated rings. The Hall–Kier alpha value is -3.53. The molecule has 0 atom stereocenters. The van der Waals surface area contributed by atoms with Gasteiger partial charge < -0.3 is 9.73 Å². The van der Waals surface area contributed by atoms with Crippen molar-refractivity contribution in [2.24, 2.45) is 0 Å². The third kappa shape index (κ3) is 3.85. The van der Waals surface area contributed by atoms with Gasteiger partial charge in [-0.2, -0.15) is 0 Å². The van der Waals surface area contributed by atoms with Crippen LogP contribution < -0.4 is 10.6 Å². The van der Waals surface area contributed by atoms with Crippen molar-refractivity contribution in [1.82, 2.24) is 24.9 Å². The molecule has 0 bridgehead atoms. The number of hydrogen-bond acceptors (Lipinski definition) is 7. The first-order valence-corrected chi connectivity index (χ1v) is 8.91. The SMILES string of the molecule is O=C(Cc1csc(NC(=O)c2ccco2)n1)NCc1nnc2ccccn12. The van der Waals surface area contributed by atoms with E-state index in [0.29, 0.717) is 16.6 Å². The number of hydrogen-bond donors (Lipinski definition) is 2. The van der Waals surface area contributed by atoms with Gasteiger partial charge in [0.05, 0.1) is 24.9 Å². The van der Waals surface area contributed by atoms with Gasteiger partial charge in [0, 0.05) is 11.6 Å². The molecule has 0 aliphatic rings. The Morgan fingerprint density at radius 3 is 2.96 bits per heavy atom. The van der Waals surface area contributed by atoms with Crippen LogP contribution in [0.4, 0.5) is 5.13 Å². The quantitative estimate of drug-likeness (QED) is 0.526. The predicted molar refractivity (Wildman–Crippen MR) is 97.3 cm³/mol. The third-order valence-electron chi connectivity index (χ3n) is 3.69. The van der Waals surface area contributed by atoms with Crippen LogP contribution in [-0.2, 0) is 17.8 Å².